The van der Waals surface area contributed by atoms with Gasteiger partial charge in [0.2, 0.25) is 11.8 Å². The minimum absolute atomic E-state index is 0.125. The summed E-state index contributed by atoms with van der Waals surface area (Å²) in [6.07, 6.45) is 4.46. The molecule has 3 aromatic carbocycles. The molecule has 0 saturated heterocycles. The lowest BCUT2D eigenvalue weighted by Gasteiger charge is -2.32. The highest BCUT2D eigenvalue weighted by Crippen LogP contribution is 2.29. The number of carbonyl (C=O) groups excluding carboxylic acids is 2. The number of thioether (sulfide) groups is 1. The van der Waals surface area contributed by atoms with E-state index in [-0.39, 0.29) is 36.0 Å². The van der Waals surface area contributed by atoms with Gasteiger partial charge in [-0.3, -0.25) is 9.59 Å². The van der Waals surface area contributed by atoms with Gasteiger partial charge in [0.25, 0.3) is 0 Å². The van der Waals surface area contributed by atoms with Gasteiger partial charge in [-0.1, -0.05) is 84.6 Å². The maximum atomic E-state index is 13.7. The van der Waals surface area contributed by atoms with Crippen LogP contribution in [0.4, 0.5) is 4.39 Å². The zero-order valence-corrected chi connectivity index (χ0v) is 23.4. The highest BCUT2D eigenvalue weighted by molar-refractivity contribution is 7.99. The molecular formula is C30H31Cl2FN2O2S. The van der Waals surface area contributed by atoms with Crippen molar-refractivity contribution in [1.82, 2.24) is 10.2 Å². The van der Waals surface area contributed by atoms with Crippen LogP contribution in [-0.2, 0) is 28.3 Å². The molecule has 4 nitrogen and oxygen atoms in total. The van der Waals surface area contributed by atoms with E-state index >= 15 is 0 Å². The SMILES string of the molecule is O=C(NC1CCCC1)C(Cc1ccccc1)N(Cc1ccc(F)cc1)C(=O)CSCc1c(Cl)cccc1Cl. The molecular weight excluding hydrogens is 542 g/mol. The number of hydrogen-bond acceptors (Lipinski definition) is 3. The number of amides is 2. The molecule has 1 unspecified atom stereocenters. The predicted molar refractivity (Wildman–Crippen MR) is 154 cm³/mol. The van der Waals surface area contributed by atoms with Crippen LogP contribution in [0.1, 0.15) is 42.4 Å². The van der Waals surface area contributed by atoms with Gasteiger partial charge in [0.05, 0.1) is 5.75 Å². The van der Waals surface area contributed by atoms with E-state index in [9.17, 15) is 14.0 Å². The van der Waals surface area contributed by atoms with Gasteiger partial charge >= 0.3 is 0 Å². The first-order valence-electron chi connectivity index (χ1n) is 12.8. The van der Waals surface area contributed by atoms with E-state index in [2.05, 4.69) is 5.32 Å². The number of carbonyl (C=O) groups is 2. The van der Waals surface area contributed by atoms with Gasteiger partial charge in [-0.15, -0.1) is 11.8 Å². The van der Waals surface area contributed by atoms with Crippen LogP contribution in [0.3, 0.4) is 0 Å². The van der Waals surface area contributed by atoms with E-state index < -0.39 is 6.04 Å². The largest absolute Gasteiger partial charge is 0.352 e. The van der Waals surface area contributed by atoms with Crippen molar-refractivity contribution >= 4 is 46.8 Å². The minimum atomic E-state index is -0.708. The van der Waals surface area contributed by atoms with Crippen molar-refractivity contribution in [1.29, 1.82) is 0 Å². The van der Waals surface area contributed by atoms with Gasteiger partial charge in [-0.05, 0) is 53.8 Å². The molecule has 1 saturated carbocycles. The maximum absolute atomic E-state index is 13.7. The van der Waals surface area contributed by atoms with Gasteiger partial charge < -0.3 is 10.2 Å². The molecule has 0 bridgehead atoms. The lowest BCUT2D eigenvalue weighted by Crippen LogP contribution is -2.52. The second-order valence-corrected chi connectivity index (χ2v) is 11.3. The number of nitrogens with one attached hydrogen (secondary N) is 1. The molecule has 4 rings (SSSR count). The van der Waals surface area contributed by atoms with Crippen molar-refractivity contribution in [2.75, 3.05) is 5.75 Å². The lowest BCUT2D eigenvalue weighted by molar-refractivity contribution is -0.139. The van der Waals surface area contributed by atoms with Crippen molar-refractivity contribution in [3.05, 3.63) is 105 Å². The number of nitrogens with zero attached hydrogens (tertiary/aromatic N) is 1. The highest BCUT2D eigenvalue weighted by atomic mass is 35.5. The van der Waals surface area contributed by atoms with Crippen LogP contribution in [0.25, 0.3) is 0 Å². The first-order chi connectivity index (χ1) is 18.4. The average Bonchev–Trinajstić information content (AvgIpc) is 3.42. The van der Waals surface area contributed by atoms with Crippen LogP contribution < -0.4 is 5.32 Å². The fourth-order valence-corrected chi connectivity index (χ4v) is 6.35. The highest BCUT2D eigenvalue weighted by Gasteiger charge is 2.32. The molecule has 0 aliphatic heterocycles. The predicted octanol–water partition coefficient (Wildman–Crippen LogP) is 7.06. The van der Waals surface area contributed by atoms with Gasteiger partial charge in [0.15, 0.2) is 0 Å². The molecule has 0 radical (unpaired) electrons. The summed E-state index contributed by atoms with van der Waals surface area (Å²) in [6, 6.07) is 20.5. The van der Waals surface area contributed by atoms with Gasteiger partial charge in [0, 0.05) is 34.8 Å². The van der Waals surface area contributed by atoms with Gasteiger partial charge in [-0.25, -0.2) is 4.39 Å². The number of benzene rings is 3. The molecule has 1 aliphatic rings. The molecule has 38 heavy (non-hydrogen) atoms. The first-order valence-corrected chi connectivity index (χ1v) is 14.7. The van der Waals surface area contributed by atoms with Crippen molar-refractivity contribution in [2.24, 2.45) is 0 Å². The number of hydrogen-bond donors (Lipinski definition) is 1. The van der Waals surface area contributed by atoms with Crippen molar-refractivity contribution in [2.45, 2.75) is 56.5 Å². The topological polar surface area (TPSA) is 49.4 Å². The third-order valence-corrected chi connectivity index (χ3v) is 8.42. The minimum Gasteiger partial charge on any atom is -0.352 e. The molecule has 1 aliphatic carbocycles. The number of halogens is 3. The Morgan fingerprint density at radius 1 is 0.921 bits per heavy atom. The summed E-state index contributed by atoms with van der Waals surface area (Å²) in [4.78, 5) is 29.0. The quantitative estimate of drug-likeness (QED) is 0.267. The van der Waals surface area contributed by atoms with E-state index in [1.807, 2.05) is 30.3 Å². The maximum Gasteiger partial charge on any atom is 0.243 e. The Bertz CT molecular complexity index is 1200. The van der Waals surface area contributed by atoms with Gasteiger partial charge in [0.1, 0.15) is 11.9 Å². The molecule has 8 heteroatoms. The molecule has 1 N–H and O–H groups in total. The normalized spacial score (nSPS) is 14.3. The van der Waals surface area contributed by atoms with E-state index in [0.29, 0.717) is 22.2 Å². The summed E-state index contributed by atoms with van der Waals surface area (Å²) in [7, 11) is 0. The third kappa shape index (κ3) is 7.98. The Morgan fingerprint density at radius 2 is 1.58 bits per heavy atom. The Balaban J connectivity index is 1.57. The third-order valence-electron chi connectivity index (χ3n) is 6.77. The van der Waals surface area contributed by atoms with Crippen LogP contribution >= 0.6 is 35.0 Å². The summed E-state index contributed by atoms with van der Waals surface area (Å²) in [5.74, 6) is -0.0734. The van der Waals surface area contributed by atoms with Crippen molar-refractivity contribution in [3.8, 4) is 0 Å². The van der Waals surface area contributed by atoms with Crippen LogP contribution in [0.5, 0.6) is 0 Å². The molecule has 3 aromatic rings. The molecule has 0 spiro atoms. The summed E-state index contributed by atoms with van der Waals surface area (Å²) in [5.41, 5.74) is 2.50. The Kier molecular flexibility index (Phi) is 10.5. The fourth-order valence-electron chi connectivity index (χ4n) is 4.70. The fraction of sp³-hybridized carbons (Fsp3) is 0.333. The van der Waals surface area contributed by atoms with E-state index in [0.717, 1.165) is 42.4 Å². The molecule has 0 aromatic heterocycles. The molecule has 200 valence electrons. The first kappa shape index (κ1) is 28.5. The smallest absolute Gasteiger partial charge is 0.243 e. The van der Waals surface area contributed by atoms with E-state index in [4.69, 9.17) is 23.2 Å². The van der Waals surface area contributed by atoms with E-state index in [1.165, 1.54) is 23.9 Å². The van der Waals surface area contributed by atoms with Crippen LogP contribution in [0, 0.1) is 5.82 Å². The summed E-state index contributed by atoms with van der Waals surface area (Å²) >= 11 is 14.0. The molecule has 2 amide bonds. The van der Waals surface area contributed by atoms with Crippen molar-refractivity contribution in [3.63, 3.8) is 0 Å². The van der Waals surface area contributed by atoms with Crippen LogP contribution in [0.2, 0.25) is 10.0 Å². The Labute approximate surface area is 237 Å². The summed E-state index contributed by atoms with van der Waals surface area (Å²) < 4.78 is 13.6. The average molecular weight is 574 g/mol. The zero-order chi connectivity index (χ0) is 26.9. The monoisotopic (exact) mass is 572 g/mol. The van der Waals surface area contributed by atoms with E-state index in [1.54, 1.807) is 35.2 Å². The Morgan fingerprint density at radius 3 is 2.24 bits per heavy atom. The van der Waals surface area contributed by atoms with Crippen LogP contribution in [0.15, 0.2) is 72.8 Å². The van der Waals surface area contributed by atoms with Crippen molar-refractivity contribution < 1.29 is 14.0 Å². The Hall–Kier alpha value is -2.54. The zero-order valence-electron chi connectivity index (χ0n) is 21.0. The summed E-state index contributed by atoms with van der Waals surface area (Å²) in [6.45, 7) is 0.197. The summed E-state index contributed by atoms with van der Waals surface area (Å²) in [5, 5.41) is 4.30. The lowest BCUT2D eigenvalue weighted by atomic mass is 10.0. The molecule has 1 atom stereocenters. The molecule has 1 fully saturated rings. The second kappa shape index (κ2) is 14.0. The van der Waals surface area contributed by atoms with Gasteiger partial charge in [-0.2, -0.15) is 0 Å². The van der Waals surface area contributed by atoms with Crippen LogP contribution in [-0.4, -0.2) is 34.6 Å². The standard InChI is InChI=1S/C30H31Cl2FN2O2S/c31-26-11-6-12-27(32)25(26)19-38-20-29(36)35(18-22-13-15-23(33)16-14-22)28(17-21-7-2-1-3-8-21)30(37)34-24-9-4-5-10-24/h1-3,6-8,11-16,24,28H,4-5,9-10,17-20H2,(H,34,37). The second-order valence-electron chi connectivity index (χ2n) is 9.54. The number of rotatable bonds is 11. The molecule has 0 heterocycles.